The number of carbonyl (C=O) groups is 1. The fourth-order valence-electron chi connectivity index (χ4n) is 2.50. The summed E-state index contributed by atoms with van der Waals surface area (Å²) in [7, 11) is 0. The van der Waals surface area contributed by atoms with E-state index in [9.17, 15) is 22.4 Å². The zero-order valence-electron chi connectivity index (χ0n) is 15.2. The van der Waals surface area contributed by atoms with Gasteiger partial charge in [-0.25, -0.2) is 4.39 Å². The number of amides is 1. The molecule has 152 valence electrons. The van der Waals surface area contributed by atoms with Gasteiger partial charge >= 0.3 is 6.18 Å². The molecule has 3 rings (SSSR count). The van der Waals surface area contributed by atoms with Crippen molar-refractivity contribution < 1.29 is 27.1 Å². The van der Waals surface area contributed by atoms with Crippen LogP contribution in [0.5, 0.6) is 5.75 Å². The van der Waals surface area contributed by atoms with Gasteiger partial charge in [0.1, 0.15) is 17.3 Å². The van der Waals surface area contributed by atoms with Gasteiger partial charge in [-0.05, 0) is 54.6 Å². The molecule has 0 radical (unpaired) electrons. The third-order valence-electron chi connectivity index (χ3n) is 3.93. The molecule has 7 nitrogen and oxygen atoms in total. The van der Waals surface area contributed by atoms with Gasteiger partial charge in [-0.2, -0.15) is 17.9 Å². The molecule has 1 heterocycles. The predicted molar refractivity (Wildman–Crippen MR) is 94.0 cm³/mol. The quantitative estimate of drug-likeness (QED) is 0.652. The van der Waals surface area contributed by atoms with Crippen LogP contribution in [0.25, 0.3) is 5.69 Å². The van der Waals surface area contributed by atoms with E-state index in [-0.39, 0.29) is 11.4 Å². The molecule has 0 fully saturated rings. The van der Waals surface area contributed by atoms with Gasteiger partial charge in [0.15, 0.2) is 11.9 Å². The van der Waals surface area contributed by atoms with E-state index in [4.69, 9.17) is 4.74 Å². The molecule has 0 aliphatic carbocycles. The minimum atomic E-state index is -4.62. The number of halogens is 4. The van der Waals surface area contributed by atoms with E-state index >= 15 is 0 Å². The fourth-order valence-corrected chi connectivity index (χ4v) is 2.50. The number of aryl methyl sites for hydroxylation is 1. The Morgan fingerprint density at radius 3 is 2.59 bits per heavy atom. The van der Waals surface area contributed by atoms with Gasteiger partial charge in [0.05, 0.1) is 5.56 Å². The number of hydrogen-bond acceptors (Lipinski definition) is 5. The molecule has 0 aliphatic rings. The van der Waals surface area contributed by atoms with E-state index in [0.717, 1.165) is 22.9 Å². The minimum absolute atomic E-state index is 0.00119. The number of anilines is 1. The average Bonchev–Trinajstić information content (AvgIpc) is 3.08. The van der Waals surface area contributed by atoms with Crippen LogP contribution >= 0.6 is 0 Å². The highest BCUT2D eigenvalue weighted by atomic mass is 19.4. The maximum absolute atomic E-state index is 14.1. The molecule has 1 unspecified atom stereocenters. The number of benzene rings is 2. The van der Waals surface area contributed by atoms with Crippen molar-refractivity contribution >= 4 is 11.6 Å². The molecule has 0 saturated carbocycles. The lowest BCUT2D eigenvalue weighted by Gasteiger charge is -2.18. The number of ether oxygens (including phenoxy) is 1. The van der Waals surface area contributed by atoms with Crippen LogP contribution in [0.1, 0.15) is 18.3 Å². The summed E-state index contributed by atoms with van der Waals surface area (Å²) in [6.07, 6.45) is -5.87. The largest absolute Gasteiger partial charge is 0.480 e. The summed E-state index contributed by atoms with van der Waals surface area (Å²) in [5.74, 6) is -1.48. The normalized spacial score (nSPS) is 12.5. The Hall–Kier alpha value is -3.50. The summed E-state index contributed by atoms with van der Waals surface area (Å²) in [6, 6.07) is 8.29. The molecule has 0 spiro atoms. The van der Waals surface area contributed by atoms with Crippen molar-refractivity contribution in [3.63, 3.8) is 0 Å². The maximum Gasteiger partial charge on any atom is 0.419 e. The molecule has 2 aromatic carbocycles. The molecule has 0 saturated heterocycles. The second-order valence-electron chi connectivity index (χ2n) is 6.05. The molecule has 1 N–H and O–H groups in total. The van der Waals surface area contributed by atoms with Crippen LogP contribution in [-0.4, -0.2) is 32.2 Å². The molecule has 3 aromatic rings. The second kappa shape index (κ2) is 7.86. The summed E-state index contributed by atoms with van der Waals surface area (Å²) < 4.78 is 59.6. The van der Waals surface area contributed by atoms with Gasteiger partial charge in [0.2, 0.25) is 0 Å². The van der Waals surface area contributed by atoms with Crippen molar-refractivity contribution in [3.8, 4) is 11.4 Å². The van der Waals surface area contributed by atoms with Gasteiger partial charge in [0.25, 0.3) is 5.91 Å². The highest BCUT2D eigenvalue weighted by Gasteiger charge is 2.34. The number of carbonyl (C=O) groups excluding carboxylic acids is 1. The van der Waals surface area contributed by atoms with Crippen molar-refractivity contribution in [1.82, 2.24) is 20.2 Å². The lowest BCUT2D eigenvalue weighted by molar-refractivity contribution is -0.140. The first kappa shape index (κ1) is 20.2. The third kappa shape index (κ3) is 4.50. The van der Waals surface area contributed by atoms with Gasteiger partial charge in [0, 0.05) is 5.69 Å². The number of aromatic nitrogens is 4. The zero-order valence-corrected chi connectivity index (χ0v) is 15.2. The van der Waals surface area contributed by atoms with E-state index in [2.05, 4.69) is 20.8 Å². The molecule has 0 bridgehead atoms. The standard InChI is InChI=1S/C18H15F4N5O2/c1-10(29-16-6-4-3-5-13(16)18(20,21)22)17(28)23-12-7-8-14(19)15(9-12)27-11(2)24-25-26-27/h3-10H,1-2H3,(H,23,28). The Labute approximate surface area is 162 Å². The number of rotatable bonds is 5. The van der Waals surface area contributed by atoms with Crippen LogP contribution in [0, 0.1) is 12.7 Å². The summed E-state index contributed by atoms with van der Waals surface area (Å²) in [5, 5.41) is 13.2. The van der Waals surface area contributed by atoms with Gasteiger partial charge in [-0.3, -0.25) is 4.79 Å². The van der Waals surface area contributed by atoms with Crippen LogP contribution in [0.4, 0.5) is 23.2 Å². The lowest BCUT2D eigenvalue weighted by Crippen LogP contribution is -2.30. The molecule has 29 heavy (non-hydrogen) atoms. The van der Waals surface area contributed by atoms with Crippen molar-refractivity contribution in [3.05, 3.63) is 59.7 Å². The smallest absolute Gasteiger partial charge is 0.419 e. The predicted octanol–water partition coefficient (Wildman–Crippen LogP) is 3.53. The van der Waals surface area contributed by atoms with E-state index in [1.807, 2.05) is 0 Å². The van der Waals surface area contributed by atoms with Crippen molar-refractivity contribution in [2.24, 2.45) is 0 Å². The second-order valence-corrected chi connectivity index (χ2v) is 6.05. The van der Waals surface area contributed by atoms with Crippen molar-refractivity contribution in [1.29, 1.82) is 0 Å². The Kier molecular flexibility index (Phi) is 5.48. The molecular weight excluding hydrogens is 394 g/mol. The van der Waals surface area contributed by atoms with Crippen molar-refractivity contribution in [2.45, 2.75) is 26.1 Å². The molecule has 1 atom stereocenters. The van der Waals surface area contributed by atoms with Crippen LogP contribution in [0.15, 0.2) is 42.5 Å². The van der Waals surface area contributed by atoms with Crippen LogP contribution < -0.4 is 10.1 Å². The maximum atomic E-state index is 14.1. The summed E-state index contributed by atoms with van der Waals surface area (Å²) >= 11 is 0. The molecule has 0 aliphatic heterocycles. The molecule has 11 heteroatoms. The van der Waals surface area contributed by atoms with Crippen molar-refractivity contribution in [2.75, 3.05) is 5.32 Å². The first-order valence-corrected chi connectivity index (χ1v) is 8.35. The number of para-hydroxylation sites is 1. The Bertz CT molecular complexity index is 1040. The number of tetrazole rings is 1. The van der Waals surface area contributed by atoms with Crippen LogP contribution in [-0.2, 0) is 11.0 Å². The first-order valence-electron chi connectivity index (χ1n) is 8.35. The SMILES string of the molecule is Cc1nnnn1-c1cc(NC(=O)C(C)Oc2ccccc2C(F)(F)F)ccc1F. The topological polar surface area (TPSA) is 81.9 Å². The Morgan fingerprint density at radius 1 is 1.21 bits per heavy atom. The molecular formula is C18H15F4N5O2. The van der Waals surface area contributed by atoms with Gasteiger partial charge in [-0.1, -0.05) is 12.1 Å². The summed E-state index contributed by atoms with van der Waals surface area (Å²) in [6.45, 7) is 2.87. The Morgan fingerprint density at radius 2 is 1.93 bits per heavy atom. The highest BCUT2D eigenvalue weighted by Crippen LogP contribution is 2.36. The van der Waals surface area contributed by atoms with Crippen LogP contribution in [0.3, 0.4) is 0 Å². The van der Waals surface area contributed by atoms with Gasteiger partial charge in [-0.15, -0.1) is 5.10 Å². The monoisotopic (exact) mass is 409 g/mol. The first-order chi connectivity index (χ1) is 13.7. The van der Waals surface area contributed by atoms with Crippen LogP contribution in [0.2, 0.25) is 0 Å². The lowest BCUT2D eigenvalue weighted by atomic mass is 10.2. The molecule has 1 aromatic heterocycles. The third-order valence-corrected chi connectivity index (χ3v) is 3.93. The number of nitrogens with zero attached hydrogens (tertiary/aromatic N) is 4. The number of alkyl halides is 3. The number of nitrogens with one attached hydrogen (secondary N) is 1. The highest BCUT2D eigenvalue weighted by molar-refractivity contribution is 5.94. The zero-order chi connectivity index (χ0) is 21.2. The van der Waals surface area contributed by atoms with E-state index in [0.29, 0.717) is 5.82 Å². The van der Waals surface area contributed by atoms with Gasteiger partial charge < -0.3 is 10.1 Å². The summed E-state index contributed by atoms with van der Waals surface area (Å²) in [5.41, 5.74) is -0.792. The van der Waals surface area contributed by atoms with E-state index in [1.54, 1.807) is 6.92 Å². The van der Waals surface area contributed by atoms with E-state index < -0.39 is 35.3 Å². The molecule has 1 amide bonds. The Balaban J connectivity index is 1.77. The minimum Gasteiger partial charge on any atom is -0.480 e. The fraction of sp³-hybridized carbons (Fsp3) is 0.222. The number of hydrogen-bond donors (Lipinski definition) is 1. The average molecular weight is 409 g/mol. The van der Waals surface area contributed by atoms with E-state index in [1.165, 1.54) is 31.2 Å². The summed E-state index contributed by atoms with van der Waals surface area (Å²) in [4.78, 5) is 12.4.